The van der Waals surface area contributed by atoms with Gasteiger partial charge in [-0.1, -0.05) is 18.2 Å². The van der Waals surface area contributed by atoms with E-state index in [1.165, 1.54) is 0 Å². The number of benzene rings is 2. The molecule has 0 fully saturated rings. The molecule has 0 saturated heterocycles. The van der Waals surface area contributed by atoms with Crippen LogP contribution in [0.3, 0.4) is 0 Å². The van der Waals surface area contributed by atoms with Gasteiger partial charge in [-0.3, -0.25) is 10.1 Å². The Bertz CT molecular complexity index is 647. The predicted octanol–water partition coefficient (Wildman–Crippen LogP) is 4.12. The summed E-state index contributed by atoms with van der Waals surface area (Å²) in [7, 11) is 1.65. The summed E-state index contributed by atoms with van der Waals surface area (Å²) in [6.07, 6.45) is 0. The fourth-order valence-corrected chi connectivity index (χ4v) is 2.34. The van der Waals surface area contributed by atoms with Crippen molar-refractivity contribution in [2.75, 3.05) is 12.4 Å². The van der Waals surface area contributed by atoms with E-state index in [1.807, 2.05) is 30.3 Å². The molecule has 110 valence electrons. The Labute approximate surface area is 131 Å². The minimum Gasteiger partial charge on any atom is -0.381 e. The van der Waals surface area contributed by atoms with Crippen LogP contribution in [0, 0.1) is 10.1 Å². The van der Waals surface area contributed by atoms with E-state index in [4.69, 9.17) is 4.74 Å². The molecule has 2 aromatic carbocycles. The van der Waals surface area contributed by atoms with E-state index in [1.54, 1.807) is 19.2 Å². The van der Waals surface area contributed by atoms with E-state index in [2.05, 4.69) is 21.2 Å². The molecular weight excluding hydrogens is 336 g/mol. The summed E-state index contributed by atoms with van der Waals surface area (Å²) in [6, 6.07) is 13.0. The molecule has 0 unspecified atom stereocenters. The van der Waals surface area contributed by atoms with E-state index >= 15 is 0 Å². The van der Waals surface area contributed by atoms with Gasteiger partial charge in [0.15, 0.2) is 0 Å². The summed E-state index contributed by atoms with van der Waals surface area (Å²) in [5.74, 6) is 0. The Kier molecular flexibility index (Phi) is 5.30. The van der Waals surface area contributed by atoms with Crippen molar-refractivity contribution in [3.8, 4) is 0 Å². The van der Waals surface area contributed by atoms with Crippen LogP contribution in [0.25, 0.3) is 0 Å². The first kappa shape index (κ1) is 15.5. The van der Waals surface area contributed by atoms with Gasteiger partial charge in [0, 0.05) is 25.4 Å². The van der Waals surface area contributed by atoms with Crippen LogP contribution in [0.1, 0.15) is 11.1 Å². The van der Waals surface area contributed by atoms with Gasteiger partial charge < -0.3 is 10.1 Å². The number of nitro benzene ring substituents is 1. The van der Waals surface area contributed by atoms with Crippen molar-refractivity contribution in [1.29, 1.82) is 0 Å². The topological polar surface area (TPSA) is 64.4 Å². The summed E-state index contributed by atoms with van der Waals surface area (Å²) in [6.45, 7) is 1.07. The number of ether oxygens (including phenoxy) is 1. The van der Waals surface area contributed by atoms with Gasteiger partial charge >= 0.3 is 0 Å². The Morgan fingerprint density at radius 2 is 2.05 bits per heavy atom. The molecule has 0 saturated carbocycles. The molecule has 0 aliphatic rings. The van der Waals surface area contributed by atoms with E-state index in [0.29, 0.717) is 17.6 Å². The highest BCUT2D eigenvalue weighted by atomic mass is 79.9. The maximum Gasteiger partial charge on any atom is 0.283 e. The van der Waals surface area contributed by atoms with Crippen molar-refractivity contribution >= 4 is 27.3 Å². The summed E-state index contributed by atoms with van der Waals surface area (Å²) in [4.78, 5) is 10.5. The minimum atomic E-state index is -0.396. The smallest absolute Gasteiger partial charge is 0.283 e. The van der Waals surface area contributed by atoms with Gasteiger partial charge in [0.2, 0.25) is 0 Å². The third kappa shape index (κ3) is 4.27. The molecule has 2 rings (SSSR count). The molecule has 0 atom stereocenters. The molecule has 0 aromatic heterocycles. The Hall–Kier alpha value is -1.92. The number of rotatable bonds is 6. The maximum absolute atomic E-state index is 10.9. The van der Waals surface area contributed by atoms with Gasteiger partial charge in [0.25, 0.3) is 5.69 Å². The SMILES string of the molecule is COCc1cccc(NCc2ccc(Br)c([N+](=O)[O-])c2)c1. The van der Waals surface area contributed by atoms with Gasteiger partial charge in [0.05, 0.1) is 16.0 Å². The number of hydrogen-bond donors (Lipinski definition) is 1. The summed E-state index contributed by atoms with van der Waals surface area (Å²) in [5.41, 5.74) is 2.95. The normalized spacial score (nSPS) is 10.4. The molecule has 1 N–H and O–H groups in total. The molecule has 0 spiro atoms. The summed E-state index contributed by atoms with van der Waals surface area (Å²) < 4.78 is 5.58. The zero-order valence-electron chi connectivity index (χ0n) is 11.5. The number of anilines is 1. The van der Waals surface area contributed by atoms with Gasteiger partial charge in [-0.05, 0) is 45.3 Å². The van der Waals surface area contributed by atoms with Crippen LogP contribution in [0.15, 0.2) is 46.9 Å². The van der Waals surface area contributed by atoms with Crippen LogP contribution in [0.2, 0.25) is 0 Å². The highest BCUT2D eigenvalue weighted by Gasteiger charge is 2.12. The second kappa shape index (κ2) is 7.19. The van der Waals surface area contributed by atoms with Crippen molar-refractivity contribution in [2.24, 2.45) is 0 Å². The highest BCUT2D eigenvalue weighted by molar-refractivity contribution is 9.10. The van der Waals surface area contributed by atoms with E-state index < -0.39 is 4.92 Å². The van der Waals surface area contributed by atoms with Crippen LogP contribution in [0.4, 0.5) is 11.4 Å². The molecule has 0 aliphatic carbocycles. The van der Waals surface area contributed by atoms with E-state index in [0.717, 1.165) is 16.8 Å². The van der Waals surface area contributed by atoms with E-state index in [-0.39, 0.29) is 5.69 Å². The average molecular weight is 351 g/mol. The lowest BCUT2D eigenvalue weighted by Crippen LogP contribution is -2.01. The molecule has 0 heterocycles. The molecule has 0 bridgehead atoms. The first-order valence-electron chi connectivity index (χ1n) is 6.34. The van der Waals surface area contributed by atoms with Crippen LogP contribution in [0.5, 0.6) is 0 Å². The average Bonchev–Trinajstić information content (AvgIpc) is 2.47. The van der Waals surface area contributed by atoms with Crippen molar-refractivity contribution in [3.05, 3.63) is 68.2 Å². The van der Waals surface area contributed by atoms with Crippen LogP contribution < -0.4 is 5.32 Å². The van der Waals surface area contributed by atoms with Crippen molar-refractivity contribution < 1.29 is 9.66 Å². The molecule has 0 radical (unpaired) electrons. The van der Waals surface area contributed by atoms with Gasteiger partial charge in [0.1, 0.15) is 0 Å². The fourth-order valence-electron chi connectivity index (χ4n) is 1.95. The monoisotopic (exact) mass is 350 g/mol. The first-order chi connectivity index (χ1) is 10.1. The first-order valence-corrected chi connectivity index (χ1v) is 7.14. The van der Waals surface area contributed by atoms with Crippen LogP contribution in [-0.4, -0.2) is 12.0 Å². The largest absolute Gasteiger partial charge is 0.381 e. The zero-order chi connectivity index (χ0) is 15.2. The van der Waals surface area contributed by atoms with Gasteiger partial charge in [-0.15, -0.1) is 0 Å². The molecular formula is C15H15BrN2O3. The molecule has 21 heavy (non-hydrogen) atoms. The lowest BCUT2D eigenvalue weighted by molar-refractivity contribution is -0.385. The quantitative estimate of drug-likeness (QED) is 0.628. The summed E-state index contributed by atoms with van der Waals surface area (Å²) in [5, 5.41) is 14.2. The molecule has 2 aromatic rings. The fraction of sp³-hybridized carbons (Fsp3) is 0.200. The Balaban J connectivity index is 2.07. The number of halogens is 1. The van der Waals surface area contributed by atoms with Crippen molar-refractivity contribution in [3.63, 3.8) is 0 Å². The lowest BCUT2D eigenvalue weighted by Gasteiger charge is -2.08. The van der Waals surface area contributed by atoms with Gasteiger partial charge in [-0.2, -0.15) is 0 Å². The third-order valence-corrected chi connectivity index (χ3v) is 3.61. The third-order valence-electron chi connectivity index (χ3n) is 2.94. The second-order valence-corrected chi connectivity index (χ2v) is 5.38. The number of nitrogens with zero attached hydrogens (tertiary/aromatic N) is 1. The number of nitrogens with one attached hydrogen (secondary N) is 1. The molecule has 5 nitrogen and oxygen atoms in total. The molecule has 0 amide bonds. The van der Waals surface area contributed by atoms with Crippen LogP contribution >= 0.6 is 15.9 Å². The highest BCUT2D eigenvalue weighted by Crippen LogP contribution is 2.26. The molecule has 0 aliphatic heterocycles. The summed E-state index contributed by atoms with van der Waals surface area (Å²) >= 11 is 3.18. The maximum atomic E-state index is 10.9. The van der Waals surface area contributed by atoms with Gasteiger partial charge in [-0.25, -0.2) is 0 Å². The minimum absolute atomic E-state index is 0.0717. The number of methoxy groups -OCH3 is 1. The number of nitro groups is 1. The Morgan fingerprint density at radius 3 is 2.76 bits per heavy atom. The standard InChI is InChI=1S/C15H15BrN2O3/c1-21-10-12-3-2-4-13(7-12)17-9-11-5-6-14(16)15(8-11)18(19)20/h2-8,17H,9-10H2,1H3. The van der Waals surface area contributed by atoms with E-state index in [9.17, 15) is 10.1 Å². The van der Waals surface area contributed by atoms with Crippen LogP contribution in [-0.2, 0) is 17.9 Å². The van der Waals surface area contributed by atoms with Crippen molar-refractivity contribution in [1.82, 2.24) is 0 Å². The second-order valence-electron chi connectivity index (χ2n) is 4.53. The van der Waals surface area contributed by atoms with Crippen molar-refractivity contribution in [2.45, 2.75) is 13.2 Å². The Morgan fingerprint density at radius 1 is 1.24 bits per heavy atom. The zero-order valence-corrected chi connectivity index (χ0v) is 13.1. The lowest BCUT2D eigenvalue weighted by atomic mass is 10.2. The molecule has 6 heteroatoms. The number of hydrogen-bond acceptors (Lipinski definition) is 4. The predicted molar refractivity (Wildman–Crippen MR) is 85.3 cm³/mol.